The molecule has 3 N–H and O–H groups in total. The molecule has 1 saturated heterocycles. The van der Waals surface area contributed by atoms with E-state index in [-0.39, 0.29) is 18.6 Å². The van der Waals surface area contributed by atoms with Gasteiger partial charge < -0.3 is 24.4 Å². The number of aromatic amines is 1. The lowest BCUT2D eigenvalue weighted by molar-refractivity contribution is -0.0458. The summed E-state index contributed by atoms with van der Waals surface area (Å²) in [5.41, 5.74) is 1.10. The van der Waals surface area contributed by atoms with Crippen LogP contribution in [0.3, 0.4) is 0 Å². The molecule has 0 radical (unpaired) electrons. The van der Waals surface area contributed by atoms with Gasteiger partial charge in [-0.3, -0.25) is 14.3 Å². The number of H-pyrrole nitrogens is 1. The summed E-state index contributed by atoms with van der Waals surface area (Å²) in [5, 5.41) is 19.2. The molecule has 1 aliphatic rings. The highest BCUT2D eigenvalue weighted by Gasteiger charge is 2.35. The normalized spacial score (nSPS) is 21.7. The summed E-state index contributed by atoms with van der Waals surface area (Å²) in [6.07, 6.45) is -1.01. The number of aromatic nitrogens is 2. The number of rotatable bonds is 5. The first-order chi connectivity index (χ1) is 13.3. The SMILES string of the molecule is COc1cc(-c2cn([C@H]3C[C@H](O)[C@@H](CO)O3)c(=O)[nH]c2=O)c(OC)c(C)c1C. The molecule has 3 rings (SSSR count). The second-order valence-corrected chi connectivity index (χ2v) is 6.73. The topological polar surface area (TPSA) is 123 Å². The van der Waals surface area contributed by atoms with Crippen LogP contribution < -0.4 is 20.7 Å². The van der Waals surface area contributed by atoms with Crippen LogP contribution in [0.5, 0.6) is 11.5 Å². The van der Waals surface area contributed by atoms with E-state index in [0.29, 0.717) is 17.1 Å². The maximum absolute atomic E-state index is 12.6. The Morgan fingerprint density at radius 1 is 1.21 bits per heavy atom. The van der Waals surface area contributed by atoms with Crippen molar-refractivity contribution in [3.05, 3.63) is 44.2 Å². The predicted octanol–water partition coefficient (Wildman–Crippen LogP) is 0.478. The van der Waals surface area contributed by atoms with E-state index in [0.717, 1.165) is 11.1 Å². The maximum atomic E-state index is 12.6. The third-order valence-electron chi connectivity index (χ3n) is 5.17. The zero-order valence-electron chi connectivity index (χ0n) is 16.2. The van der Waals surface area contributed by atoms with Crippen LogP contribution >= 0.6 is 0 Å². The molecule has 1 fully saturated rings. The molecule has 28 heavy (non-hydrogen) atoms. The monoisotopic (exact) mass is 392 g/mol. The minimum atomic E-state index is -0.909. The van der Waals surface area contributed by atoms with Crippen molar-refractivity contribution in [2.75, 3.05) is 20.8 Å². The Kier molecular flexibility index (Phi) is 5.59. The maximum Gasteiger partial charge on any atom is 0.330 e. The molecule has 3 atom stereocenters. The van der Waals surface area contributed by atoms with Crippen molar-refractivity contribution in [3.63, 3.8) is 0 Å². The number of methoxy groups -OCH3 is 2. The van der Waals surface area contributed by atoms with E-state index in [1.54, 1.807) is 6.07 Å². The van der Waals surface area contributed by atoms with Gasteiger partial charge in [0.15, 0.2) is 0 Å². The van der Waals surface area contributed by atoms with Crippen LogP contribution in [0.4, 0.5) is 0 Å². The van der Waals surface area contributed by atoms with Crippen molar-refractivity contribution in [1.29, 1.82) is 0 Å². The molecule has 9 heteroatoms. The van der Waals surface area contributed by atoms with E-state index in [9.17, 15) is 19.8 Å². The Bertz CT molecular complexity index is 995. The Balaban J connectivity index is 2.18. The molecule has 1 aliphatic heterocycles. The minimum absolute atomic E-state index is 0.115. The average Bonchev–Trinajstić information content (AvgIpc) is 3.04. The zero-order valence-corrected chi connectivity index (χ0v) is 16.2. The average molecular weight is 392 g/mol. The molecule has 2 aromatic rings. The standard InChI is InChI=1S/C19H24N2O7/c1-9-10(2)17(27-4)11(5-14(9)26-3)12-7-21(19(25)20-18(12)24)16-6-13(23)15(8-22)28-16/h5,7,13,15-16,22-23H,6,8H2,1-4H3,(H,20,24,25)/t13-,15+,16+/m0/s1. The van der Waals surface area contributed by atoms with E-state index in [1.165, 1.54) is 25.0 Å². The fourth-order valence-corrected chi connectivity index (χ4v) is 3.48. The number of hydrogen-bond acceptors (Lipinski definition) is 7. The molecule has 0 amide bonds. The predicted molar refractivity (Wildman–Crippen MR) is 101 cm³/mol. The molecule has 0 saturated carbocycles. The van der Waals surface area contributed by atoms with Crippen molar-refractivity contribution in [2.24, 2.45) is 0 Å². The Morgan fingerprint density at radius 2 is 1.93 bits per heavy atom. The van der Waals surface area contributed by atoms with Gasteiger partial charge in [-0.05, 0) is 31.0 Å². The molecular weight excluding hydrogens is 368 g/mol. The van der Waals surface area contributed by atoms with Crippen molar-refractivity contribution in [1.82, 2.24) is 9.55 Å². The largest absolute Gasteiger partial charge is 0.496 e. The minimum Gasteiger partial charge on any atom is -0.496 e. The molecule has 9 nitrogen and oxygen atoms in total. The molecule has 0 spiro atoms. The summed E-state index contributed by atoms with van der Waals surface area (Å²) in [7, 11) is 3.04. The van der Waals surface area contributed by atoms with E-state index < -0.39 is 29.7 Å². The van der Waals surface area contributed by atoms with E-state index in [1.807, 2.05) is 13.8 Å². The van der Waals surface area contributed by atoms with Crippen LogP contribution in [-0.2, 0) is 4.74 Å². The number of aliphatic hydroxyl groups excluding tert-OH is 2. The summed E-state index contributed by atoms with van der Waals surface area (Å²) < 4.78 is 17.7. The number of nitrogens with one attached hydrogen (secondary N) is 1. The van der Waals surface area contributed by atoms with Crippen LogP contribution in [0, 0.1) is 13.8 Å². The summed E-state index contributed by atoms with van der Waals surface area (Å²) >= 11 is 0. The van der Waals surface area contributed by atoms with Crippen LogP contribution in [0.2, 0.25) is 0 Å². The fraction of sp³-hybridized carbons (Fsp3) is 0.474. The van der Waals surface area contributed by atoms with E-state index >= 15 is 0 Å². The van der Waals surface area contributed by atoms with Crippen molar-refractivity contribution < 1.29 is 24.4 Å². The second-order valence-electron chi connectivity index (χ2n) is 6.73. The summed E-state index contributed by atoms with van der Waals surface area (Å²) in [5.74, 6) is 1.08. The van der Waals surface area contributed by atoms with Gasteiger partial charge in [0.05, 0.1) is 32.5 Å². The summed E-state index contributed by atoms with van der Waals surface area (Å²) in [4.78, 5) is 27.2. The molecule has 0 bridgehead atoms. The first-order valence-electron chi connectivity index (χ1n) is 8.84. The van der Waals surface area contributed by atoms with Gasteiger partial charge in [0, 0.05) is 18.2 Å². The lowest BCUT2D eigenvalue weighted by Crippen LogP contribution is -2.33. The molecular formula is C19H24N2O7. The number of aliphatic hydroxyl groups is 2. The fourth-order valence-electron chi connectivity index (χ4n) is 3.48. The van der Waals surface area contributed by atoms with Crippen molar-refractivity contribution in [2.45, 2.75) is 38.7 Å². The first-order valence-corrected chi connectivity index (χ1v) is 8.84. The highest BCUT2D eigenvalue weighted by molar-refractivity contribution is 5.74. The van der Waals surface area contributed by atoms with Gasteiger partial charge in [0.2, 0.25) is 0 Å². The third kappa shape index (κ3) is 3.32. The number of ether oxygens (including phenoxy) is 3. The van der Waals surface area contributed by atoms with E-state index in [4.69, 9.17) is 14.2 Å². The molecule has 1 aromatic carbocycles. The molecule has 2 heterocycles. The molecule has 0 aliphatic carbocycles. The Hall–Kier alpha value is -2.62. The van der Waals surface area contributed by atoms with Crippen LogP contribution in [0.15, 0.2) is 21.9 Å². The lowest BCUT2D eigenvalue weighted by atomic mass is 9.99. The Morgan fingerprint density at radius 3 is 2.50 bits per heavy atom. The first kappa shape index (κ1) is 20.1. The van der Waals surface area contributed by atoms with Gasteiger partial charge in [-0.2, -0.15) is 0 Å². The second kappa shape index (κ2) is 7.78. The van der Waals surface area contributed by atoms with Gasteiger partial charge >= 0.3 is 5.69 Å². The van der Waals surface area contributed by atoms with Crippen LogP contribution in [-0.4, -0.2) is 52.8 Å². The van der Waals surface area contributed by atoms with Crippen LogP contribution in [0.25, 0.3) is 11.1 Å². The van der Waals surface area contributed by atoms with Crippen LogP contribution in [0.1, 0.15) is 23.8 Å². The Labute approximate surface area is 161 Å². The number of hydrogen-bond donors (Lipinski definition) is 3. The van der Waals surface area contributed by atoms with Crippen molar-refractivity contribution >= 4 is 0 Å². The highest BCUT2D eigenvalue weighted by Crippen LogP contribution is 2.38. The smallest absolute Gasteiger partial charge is 0.330 e. The number of benzene rings is 1. The van der Waals surface area contributed by atoms with Gasteiger partial charge in [-0.25, -0.2) is 4.79 Å². The lowest BCUT2D eigenvalue weighted by Gasteiger charge is -2.18. The van der Waals surface area contributed by atoms with Gasteiger partial charge in [0.1, 0.15) is 23.8 Å². The van der Waals surface area contributed by atoms with Gasteiger partial charge in [-0.15, -0.1) is 0 Å². The highest BCUT2D eigenvalue weighted by atomic mass is 16.5. The van der Waals surface area contributed by atoms with Crippen molar-refractivity contribution in [3.8, 4) is 22.6 Å². The number of nitrogens with zero attached hydrogens (tertiary/aromatic N) is 1. The quantitative estimate of drug-likeness (QED) is 0.676. The molecule has 1 aromatic heterocycles. The molecule has 0 unspecified atom stereocenters. The summed E-state index contributed by atoms with van der Waals surface area (Å²) in [6, 6.07) is 1.68. The summed E-state index contributed by atoms with van der Waals surface area (Å²) in [6.45, 7) is 3.37. The zero-order chi connectivity index (χ0) is 20.6. The molecule has 152 valence electrons. The third-order valence-corrected chi connectivity index (χ3v) is 5.17. The van der Waals surface area contributed by atoms with E-state index in [2.05, 4.69) is 4.98 Å². The van der Waals surface area contributed by atoms with Gasteiger partial charge in [-0.1, -0.05) is 0 Å². The van der Waals surface area contributed by atoms with Gasteiger partial charge in [0.25, 0.3) is 5.56 Å².